The van der Waals surface area contributed by atoms with Crippen LogP contribution >= 0.6 is 15.9 Å². The standard InChI is InChI=1S/C18H19BrO2/c1-2-9-5-6-12(19)8-13(9)16-17(20)14-10-3-4-11(7-10)15(14)18(16)21/h5-6,8,10-11,14-16H,2-4,7H2,1H3. The predicted octanol–water partition coefficient (Wildman–Crippen LogP) is 3.91. The van der Waals surface area contributed by atoms with Crippen LogP contribution in [0.25, 0.3) is 0 Å². The lowest BCUT2D eigenvalue weighted by Crippen LogP contribution is -2.24. The molecule has 0 radical (unpaired) electrons. The lowest BCUT2D eigenvalue weighted by molar-refractivity contribution is -0.125. The fraction of sp³-hybridized carbons (Fsp3) is 0.556. The van der Waals surface area contributed by atoms with Gasteiger partial charge in [0.25, 0.3) is 0 Å². The Morgan fingerprint density at radius 2 is 1.71 bits per heavy atom. The van der Waals surface area contributed by atoms with E-state index in [2.05, 4.69) is 22.9 Å². The number of rotatable bonds is 2. The summed E-state index contributed by atoms with van der Waals surface area (Å²) in [5.74, 6) is 0.970. The average molecular weight is 347 g/mol. The molecule has 3 aliphatic carbocycles. The molecule has 2 nitrogen and oxygen atoms in total. The minimum Gasteiger partial charge on any atom is -0.298 e. The number of carbonyl (C=O) groups is 2. The Morgan fingerprint density at radius 1 is 1.10 bits per heavy atom. The van der Waals surface area contributed by atoms with Gasteiger partial charge < -0.3 is 0 Å². The molecular formula is C18H19BrO2. The quantitative estimate of drug-likeness (QED) is 0.760. The number of carbonyl (C=O) groups excluding carboxylic acids is 2. The maximum absolute atomic E-state index is 12.9. The largest absolute Gasteiger partial charge is 0.298 e. The first-order chi connectivity index (χ1) is 10.1. The molecule has 3 heteroatoms. The lowest BCUT2D eigenvalue weighted by atomic mass is 9.81. The Morgan fingerprint density at radius 3 is 2.29 bits per heavy atom. The first-order valence-corrected chi connectivity index (χ1v) is 8.77. The molecule has 1 aromatic carbocycles. The van der Waals surface area contributed by atoms with Crippen molar-refractivity contribution < 1.29 is 9.59 Å². The van der Waals surface area contributed by atoms with E-state index in [0.29, 0.717) is 11.8 Å². The lowest BCUT2D eigenvalue weighted by Gasteiger charge is -2.21. The van der Waals surface area contributed by atoms with E-state index in [0.717, 1.165) is 41.3 Å². The molecule has 110 valence electrons. The molecular weight excluding hydrogens is 328 g/mol. The van der Waals surface area contributed by atoms with Crippen LogP contribution in [-0.2, 0) is 16.0 Å². The first kappa shape index (κ1) is 13.7. The van der Waals surface area contributed by atoms with E-state index in [9.17, 15) is 9.59 Å². The fourth-order valence-electron chi connectivity index (χ4n) is 5.10. The summed E-state index contributed by atoms with van der Waals surface area (Å²) in [5.41, 5.74) is 2.09. The maximum atomic E-state index is 12.9. The monoisotopic (exact) mass is 346 g/mol. The van der Waals surface area contributed by atoms with Crippen molar-refractivity contribution in [3.8, 4) is 0 Å². The van der Waals surface area contributed by atoms with E-state index in [1.54, 1.807) is 0 Å². The van der Waals surface area contributed by atoms with Gasteiger partial charge in [-0.3, -0.25) is 9.59 Å². The Hall–Kier alpha value is -0.960. The minimum atomic E-state index is -0.490. The molecule has 21 heavy (non-hydrogen) atoms. The topological polar surface area (TPSA) is 34.1 Å². The van der Waals surface area contributed by atoms with Gasteiger partial charge in [0.15, 0.2) is 11.6 Å². The summed E-state index contributed by atoms with van der Waals surface area (Å²) in [6, 6.07) is 6.03. The molecule has 0 heterocycles. The zero-order chi connectivity index (χ0) is 14.7. The van der Waals surface area contributed by atoms with Crippen molar-refractivity contribution in [3.05, 3.63) is 33.8 Å². The highest BCUT2D eigenvalue weighted by atomic mass is 79.9. The Bertz CT molecular complexity index is 608. The summed E-state index contributed by atoms with van der Waals surface area (Å²) in [6.07, 6.45) is 4.27. The summed E-state index contributed by atoms with van der Waals surface area (Å²) >= 11 is 3.49. The Kier molecular flexibility index (Phi) is 3.11. The van der Waals surface area contributed by atoms with Crippen LogP contribution in [0.15, 0.2) is 22.7 Å². The van der Waals surface area contributed by atoms with Gasteiger partial charge in [-0.1, -0.05) is 28.9 Å². The zero-order valence-electron chi connectivity index (χ0n) is 12.1. The van der Waals surface area contributed by atoms with Gasteiger partial charge in [-0.15, -0.1) is 0 Å². The molecule has 0 saturated heterocycles. The third-order valence-corrected chi connectivity index (χ3v) is 6.44. The van der Waals surface area contributed by atoms with Gasteiger partial charge >= 0.3 is 0 Å². The second-order valence-corrected chi connectivity index (χ2v) is 7.73. The van der Waals surface area contributed by atoms with Crippen molar-refractivity contribution >= 4 is 27.5 Å². The molecule has 0 spiro atoms. The number of hydrogen-bond acceptors (Lipinski definition) is 2. The van der Waals surface area contributed by atoms with Gasteiger partial charge in [0.2, 0.25) is 0 Å². The van der Waals surface area contributed by atoms with Crippen LogP contribution < -0.4 is 0 Å². The zero-order valence-corrected chi connectivity index (χ0v) is 13.7. The maximum Gasteiger partial charge on any atom is 0.151 e. The third-order valence-electron chi connectivity index (χ3n) is 5.94. The number of halogens is 1. The molecule has 3 fully saturated rings. The average Bonchev–Trinajstić information content (AvgIpc) is 3.13. The Labute approximate surface area is 133 Å². The Balaban J connectivity index is 1.78. The number of aryl methyl sites for hydroxylation is 1. The fourth-order valence-corrected chi connectivity index (χ4v) is 5.48. The van der Waals surface area contributed by atoms with Crippen LogP contribution in [0.2, 0.25) is 0 Å². The molecule has 0 aliphatic heterocycles. The van der Waals surface area contributed by atoms with Crippen LogP contribution in [0.3, 0.4) is 0 Å². The molecule has 0 amide bonds. The van der Waals surface area contributed by atoms with Crippen LogP contribution in [0.4, 0.5) is 0 Å². The van der Waals surface area contributed by atoms with Crippen LogP contribution in [-0.4, -0.2) is 11.6 Å². The van der Waals surface area contributed by atoms with Gasteiger partial charge in [0, 0.05) is 16.3 Å². The first-order valence-electron chi connectivity index (χ1n) is 7.97. The summed E-state index contributed by atoms with van der Waals surface area (Å²) in [4.78, 5) is 25.9. The molecule has 0 N–H and O–H groups in total. The summed E-state index contributed by atoms with van der Waals surface area (Å²) in [7, 11) is 0. The van der Waals surface area contributed by atoms with Crippen molar-refractivity contribution in [1.29, 1.82) is 0 Å². The van der Waals surface area contributed by atoms with Gasteiger partial charge in [-0.05, 0) is 60.8 Å². The third kappa shape index (κ3) is 1.82. The predicted molar refractivity (Wildman–Crippen MR) is 84.1 cm³/mol. The summed E-state index contributed by atoms with van der Waals surface area (Å²) in [6.45, 7) is 2.08. The summed E-state index contributed by atoms with van der Waals surface area (Å²) in [5, 5.41) is 0. The molecule has 1 aromatic rings. The number of Topliss-reactive ketones (excluding diaryl/α,β-unsaturated/α-hetero) is 2. The number of hydrogen-bond donors (Lipinski definition) is 0. The highest BCUT2D eigenvalue weighted by Gasteiger charge is 2.61. The van der Waals surface area contributed by atoms with Crippen LogP contribution in [0.5, 0.6) is 0 Å². The summed E-state index contributed by atoms with van der Waals surface area (Å²) < 4.78 is 0.954. The second-order valence-electron chi connectivity index (χ2n) is 6.82. The highest BCUT2D eigenvalue weighted by Crippen LogP contribution is 2.59. The molecule has 0 aromatic heterocycles. The van der Waals surface area contributed by atoms with Gasteiger partial charge in [0.1, 0.15) is 5.92 Å². The van der Waals surface area contributed by atoms with Crippen molar-refractivity contribution in [2.75, 3.05) is 0 Å². The van der Waals surface area contributed by atoms with Gasteiger partial charge in [-0.25, -0.2) is 0 Å². The molecule has 4 unspecified atom stereocenters. The number of ketones is 2. The van der Waals surface area contributed by atoms with Gasteiger partial charge in [0.05, 0.1) is 0 Å². The van der Waals surface area contributed by atoms with Crippen molar-refractivity contribution in [2.45, 2.75) is 38.5 Å². The molecule has 3 saturated carbocycles. The van der Waals surface area contributed by atoms with Crippen molar-refractivity contribution in [3.63, 3.8) is 0 Å². The van der Waals surface area contributed by atoms with Crippen molar-refractivity contribution in [1.82, 2.24) is 0 Å². The smallest absolute Gasteiger partial charge is 0.151 e. The number of benzene rings is 1. The highest BCUT2D eigenvalue weighted by molar-refractivity contribution is 9.10. The van der Waals surface area contributed by atoms with E-state index in [-0.39, 0.29) is 23.4 Å². The second kappa shape index (κ2) is 4.77. The van der Waals surface area contributed by atoms with E-state index in [1.807, 2.05) is 18.2 Å². The normalized spacial score (nSPS) is 37.3. The van der Waals surface area contributed by atoms with E-state index in [1.165, 1.54) is 0 Å². The SMILES string of the molecule is CCc1ccc(Br)cc1C1C(=O)C2C3CCC(C3)C2C1=O. The molecule has 4 rings (SSSR count). The van der Waals surface area contributed by atoms with E-state index in [4.69, 9.17) is 0 Å². The van der Waals surface area contributed by atoms with Gasteiger partial charge in [-0.2, -0.15) is 0 Å². The van der Waals surface area contributed by atoms with Crippen molar-refractivity contribution in [2.24, 2.45) is 23.7 Å². The minimum absolute atomic E-state index is 0.0323. The van der Waals surface area contributed by atoms with Crippen LogP contribution in [0, 0.1) is 23.7 Å². The number of fused-ring (bicyclic) bond motifs is 5. The molecule has 2 bridgehead atoms. The van der Waals surface area contributed by atoms with Crippen LogP contribution in [0.1, 0.15) is 43.2 Å². The molecule has 4 atom stereocenters. The van der Waals surface area contributed by atoms with E-state index < -0.39 is 5.92 Å². The van der Waals surface area contributed by atoms with E-state index >= 15 is 0 Å². The molecule has 3 aliphatic rings.